The minimum Gasteiger partial charge on any atom is -0.354 e. The minimum atomic E-state index is 0.555. The topological polar surface area (TPSA) is 55.0 Å². The molecule has 0 radical (unpaired) electrons. The van der Waals surface area contributed by atoms with Crippen LogP contribution < -0.4 is 4.90 Å². The van der Waals surface area contributed by atoms with Crippen molar-refractivity contribution in [3.8, 4) is 5.69 Å². The van der Waals surface area contributed by atoms with Crippen molar-refractivity contribution in [1.29, 1.82) is 0 Å². The molecule has 3 aromatic rings. The summed E-state index contributed by atoms with van der Waals surface area (Å²) >= 11 is 11.6. The van der Waals surface area contributed by atoms with Crippen LogP contribution in [-0.4, -0.2) is 55.9 Å². The first-order valence-corrected chi connectivity index (χ1v) is 9.16. The van der Waals surface area contributed by atoms with Crippen molar-refractivity contribution < 1.29 is 0 Å². The number of nitrogens with zero attached hydrogens (tertiary/aromatic N) is 7. The van der Waals surface area contributed by atoms with E-state index in [1.54, 1.807) is 9.36 Å². The highest BCUT2D eigenvalue weighted by Gasteiger charge is 2.19. The fourth-order valence-corrected chi connectivity index (χ4v) is 3.40. The maximum atomic E-state index is 6.05. The first-order valence-electron chi connectivity index (χ1n) is 8.38. The lowest BCUT2D eigenvalue weighted by Gasteiger charge is -2.34. The molecule has 26 heavy (non-hydrogen) atoms. The molecule has 2 aromatic heterocycles. The number of anilines is 1. The second kappa shape index (κ2) is 7.53. The standard InChI is InChI=1S/C17H18ClN7S/c18-14-4-3-5-15(12-14)25-17(26)24(20-21-25)13-22-8-10-23(11-9-22)16-6-1-2-7-19-16/h1-7,12H,8-11,13H2. The molecule has 0 bridgehead atoms. The number of hydrogen-bond donors (Lipinski definition) is 0. The molecule has 3 heterocycles. The number of piperazine rings is 1. The van der Waals surface area contributed by atoms with Crippen molar-refractivity contribution in [2.75, 3.05) is 31.1 Å². The minimum absolute atomic E-state index is 0.555. The molecule has 0 aliphatic carbocycles. The molecule has 134 valence electrons. The van der Waals surface area contributed by atoms with Gasteiger partial charge in [-0.15, -0.1) is 0 Å². The average Bonchev–Trinajstić information content (AvgIpc) is 3.03. The zero-order valence-corrected chi connectivity index (χ0v) is 15.6. The Morgan fingerprint density at radius 3 is 2.58 bits per heavy atom. The Balaban J connectivity index is 1.42. The van der Waals surface area contributed by atoms with Crippen molar-refractivity contribution in [3.63, 3.8) is 0 Å². The van der Waals surface area contributed by atoms with Crippen LogP contribution in [0.1, 0.15) is 0 Å². The Hall–Kier alpha value is -2.29. The smallest absolute Gasteiger partial charge is 0.221 e. The van der Waals surface area contributed by atoms with Crippen LogP contribution in [0.15, 0.2) is 48.7 Å². The van der Waals surface area contributed by atoms with Gasteiger partial charge in [0.05, 0.1) is 12.4 Å². The summed E-state index contributed by atoms with van der Waals surface area (Å²) in [5.41, 5.74) is 0.814. The number of tetrazole rings is 1. The van der Waals surface area contributed by atoms with Crippen LogP contribution in [-0.2, 0) is 6.67 Å². The number of hydrogen-bond acceptors (Lipinski definition) is 6. The van der Waals surface area contributed by atoms with Gasteiger partial charge in [0.15, 0.2) is 0 Å². The van der Waals surface area contributed by atoms with E-state index >= 15 is 0 Å². The quantitative estimate of drug-likeness (QED) is 0.641. The maximum absolute atomic E-state index is 6.05. The lowest BCUT2D eigenvalue weighted by atomic mass is 10.3. The molecule has 0 saturated carbocycles. The van der Waals surface area contributed by atoms with Gasteiger partial charge >= 0.3 is 0 Å². The number of halogens is 1. The maximum Gasteiger partial charge on any atom is 0.221 e. The Morgan fingerprint density at radius 2 is 1.85 bits per heavy atom. The summed E-state index contributed by atoms with van der Waals surface area (Å²) in [5.74, 6) is 1.02. The molecule has 0 N–H and O–H groups in total. The van der Waals surface area contributed by atoms with E-state index in [1.807, 2.05) is 48.7 Å². The summed E-state index contributed by atoms with van der Waals surface area (Å²) in [6.07, 6.45) is 1.83. The van der Waals surface area contributed by atoms with E-state index in [4.69, 9.17) is 23.8 Å². The zero-order chi connectivity index (χ0) is 17.9. The van der Waals surface area contributed by atoms with E-state index < -0.39 is 0 Å². The van der Waals surface area contributed by atoms with E-state index in [0.717, 1.165) is 37.7 Å². The first kappa shape index (κ1) is 17.1. The number of rotatable bonds is 4. The Labute approximate surface area is 161 Å². The van der Waals surface area contributed by atoms with Crippen molar-refractivity contribution in [2.24, 2.45) is 0 Å². The van der Waals surface area contributed by atoms with Gasteiger partial charge in [0, 0.05) is 37.4 Å². The van der Waals surface area contributed by atoms with E-state index in [2.05, 4.69) is 25.2 Å². The zero-order valence-electron chi connectivity index (χ0n) is 14.1. The molecular weight excluding hydrogens is 370 g/mol. The summed E-state index contributed by atoms with van der Waals surface area (Å²) in [4.78, 5) is 9.02. The van der Waals surface area contributed by atoms with Gasteiger partial charge < -0.3 is 4.90 Å². The third kappa shape index (κ3) is 3.62. The van der Waals surface area contributed by atoms with Gasteiger partial charge in [0.25, 0.3) is 0 Å². The van der Waals surface area contributed by atoms with Gasteiger partial charge in [0.2, 0.25) is 4.77 Å². The van der Waals surface area contributed by atoms with Crippen molar-refractivity contribution in [3.05, 3.63) is 58.5 Å². The van der Waals surface area contributed by atoms with Crippen molar-refractivity contribution >= 4 is 29.6 Å². The van der Waals surface area contributed by atoms with Crippen LogP contribution in [0.4, 0.5) is 5.82 Å². The highest BCUT2D eigenvalue weighted by Crippen LogP contribution is 2.15. The normalized spacial score (nSPS) is 15.3. The van der Waals surface area contributed by atoms with E-state index in [9.17, 15) is 0 Å². The van der Waals surface area contributed by atoms with Gasteiger partial charge in [-0.25, -0.2) is 9.67 Å². The molecular formula is C17H18ClN7S. The van der Waals surface area contributed by atoms with E-state index in [-0.39, 0.29) is 0 Å². The highest BCUT2D eigenvalue weighted by atomic mass is 35.5. The predicted octanol–water partition coefficient (Wildman–Crippen LogP) is 2.63. The lowest BCUT2D eigenvalue weighted by Crippen LogP contribution is -2.47. The molecule has 1 aromatic carbocycles. The molecule has 0 atom stereocenters. The van der Waals surface area contributed by atoms with Crippen LogP contribution in [0, 0.1) is 4.77 Å². The Bertz CT molecular complexity index is 932. The molecule has 0 unspecified atom stereocenters. The fraction of sp³-hybridized carbons (Fsp3) is 0.294. The van der Waals surface area contributed by atoms with Crippen LogP contribution in [0.5, 0.6) is 0 Å². The Kier molecular flexibility index (Phi) is 4.96. The first-order chi connectivity index (χ1) is 12.7. The monoisotopic (exact) mass is 387 g/mol. The Morgan fingerprint density at radius 1 is 1.00 bits per heavy atom. The number of aromatic nitrogens is 5. The lowest BCUT2D eigenvalue weighted by molar-refractivity contribution is 0.192. The fourth-order valence-electron chi connectivity index (χ4n) is 2.98. The van der Waals surface area contributed by atoms with Gasteiger partial charge in [-0.2, -0.15) is 4.68 Å². The van der Waals surface area contributed by atoms with Gasteiger partial charge in [0.1, 0.15) is 5.82 Å². The number of pyridine rings is 1. The van der Waals surface area contributed by atoms with Gasteiger partial charge in [-0.05, 0) is 53.0 Å². The highest BCUT2D eigenvalue weighted by molar-refractivity contribution is 7.71. The molecule has 4 rings (SSSR count). The molecule has 7 nitrogen and oxygen atoms in total. The predicted molar refractivity (Wildman–Crippen MR) is 103 cm³/mol. The molecule has 0 spiro atoms. The van der Waals surface area contributed by atoms with Gasteiger partial charge in [-0.3, -0.25) is 4.90 Å². The summed E-state index contributed by atoms with van der Waals surface area (Å²) in [7, 11) is 0. The second-order valence-corrected chi connectivity index (χ2v) is 6.89. The molecule has 1 fully saturated rings. The van der Waals surface area contributed by atoms with Crippen LogP contribution >= 0.6 is 23.8 Å². The largest absolute Gasteiger partial charge is 0.354 e. The summed E-state index contributed by atoms with van der Waals surface area (Å²) in [6.45, 7) is 4.31. The van der Waals surface area contributed by atoms with Crippen molar-refractivity contribution in [2.45, 2.75) is 6.67 Å². The summed E-state index contributed by atoms with van der Waals surface area (Å²) in [5, 5.41) is 9.03. The third-order valence-electron chi connectivity index (χ3n) is 4.37. The molecule has 1 saturated heterocycles. The van der Waals surface area contributed by atoms with Crippen LogP contribution in [0.2, 0.25) is 5.02 Å². The third-order valence-corrected chi connectivity index (χ3v) is 4.99. The average molecular weight is 388 g/mol. The van der Waals surface area contributed by atoms with E-state index in [0.29, 0.717) is 16.5 Å². The summed E-state index contributed by atoms with van der Waals surface area (Å²) in [6, 6.07) is 13.4. The number of benzene rings is 1. The summed E-state index contributed by atoms with van der Waals surface area (Å²) < 4.78 is 3.93. The molecule has 1 aliphatic rings. The van der Waals surface area contributed by atoms with E-state index in [1.165, 1.54) is 0 Å². The molecule has 0 amide bonds. The molecule has 9 heteroatoms. The van der Waals surface area contributed by atoms with Crippen LogP contribution in [0.25, 0.3) is 5.69 Å². The SMILES string of the molecule is S=c1n(CN2CCN(c3ccccn3)CC2)nnn1-c1cccc(Cl)c1. The second-order valence-electron chi connectivity index (χ2n) is 6.09. The molecule has 1 aliphatic heterocycles. The van der Waals surface area contributed by atoms with Crippen LogP contribution in [0.3, 0.4) is 0 Å². The van der Waals surface area contributed by atoms with Crippen molar-refractivity contribution in [1.82, 2.24) is 29.7 Å². The van der Waals surface area contributed by atoms with Gasteiger partial charge in [-0.1, -0.05) is 23.7 Å².